The van der Waals surface area contributed by atoms with Gasteiger partial charge in [-0.2, -0.15) is 0 Å². The molecule has 1 aliphatic heterocycles. The number of carbonyl (C=O) groups excluding carboxylic acids is 1. The van der Waals surface area contributed by atoms with Crippen LogP contribution in [0.3, 0.4) is 0 Å². The van der Waals surface area contributed by atoms with Crippen LogP contribution in [-0.2, 0) is 6.54 Å². The quantitative estimate of drug-likeness (QED) is 0.234. The number of aromatic nitrogens is 2. The Kier molecular flexibility index (Phi) is 7.53. The minimum absolute atomic E-state index is 0.127. The summed E-state index contributed by atoms with van der Waals surface area (Å²) in [6.45, 7) is 7.99. The van der Waals surface area contributed by atoms with E-state index in [0.29, 0.717) is 31.8 Å². The van der Waals surface area contributed by atoms with Crippen LogP contribution in [0.4, 0.5) is 4.39 Å². The van der Waals surface area contributed by atoms with Crippen LogP contribution in [0, 0.1) is 12.7 Å². The van der Waals surface area contributed by atoms with Crippen LogP contribution in [0.1, 0.15) is 28.5 Å². The highest BCUT2D eigenvalue weighted by molar-refractivity contribution is 5.94. The molecule has 5 aromatic rings. The van der Waals surface area contributed by atoms with Crippen LogP contribution in [0.15, 0.2) is 91.1 Å². The third kappa shape index (κ3) is 5.72. The van der Waals surface area contributed by atoms with Gasteiger partial charge in [-0.1, -0.05) is 48.0 Å². The second-order valence-corrected chi connectivity index (χ2v) is 10.5. The van der Waals surface area contributed by atoms with E-state index < -0.39 is 5.82 Å². The summed E-state index contributed by atoms with van der Waals surface area (Å²) in [5, 5.41) is 0. The van der Waals surface area contributed by atoms with Gasteiger partial charge in [0.2, 0.25) is 0 Å². The zero-order chi connectivity index (χ0) is 28.3. The molecule has 0 unspecified atom stereocenters. The Morgan fingerprint density at radius 2 is 1.63 bits per heavy atom. The van der Waals surface area contributed by atoms with E-state index in [0.717, 1.165) is 52.6 Å². The Morgan fingerprint density at radius 1 is 0.878 bits per heavy atom. The summed E-state index contributed by atoms with van der Waals surface area (Å²) in [4.78, 5) is 22.2. The van der Waals surface area contributed by atoms with Crippen LogP contribution in [0.2, 0.25) is 0 Å². The number of ether oxygens (including phenoxy) is 1. The number of hydrogen-bond acceptors (Lipinski definition) is 4. The minimum atomic E-state index is -0.394. The van der Waals surface area contributed by atoms with Gasteiger partial charge in [0.1, 0.15) is 17.2 Å². The van der Waals surface area contributed by atoms with Crippen molar-refractivity contribution < 1.29 is 13.9 Å². The lowest BCUT2D eigenvalue weighted by Gasteiger charge is -2.34. The first kappa shape index (κ1) is 26.7. The van der Waals surface area contributed by atoms with E-state index >= 15 is 0 Å². The van der Waals surface area contributed by atoms with Crippen molar-refractivity contribution >= 4 is 11.6 Å². The standard InChI is InChI=1S/C34H33FN4O2/c1-3-41-30-9-5-6-26(21-30)28-14-15-32-36-33(25-12-10-24(2)11-13-25)31(39(32)22-28)23-37-16-18-38(19-17-37)34(40)27-7-4-8-29(35)20-27/h4-15,20-22H,3,16-19,23H2,1-2H3. The topological polar surface area (TPSA) is 50.1 Å². The molecule has 0 radical (unpaired) electrons. The number of benzene rings is 3. The second kappa shape index (κ2) is 11.6. The first-order valence-electron chi connectivity index (χ1n) is 14.1. The molecule has 1 fully saturated rings. The van der Waals surface area contributed by atoms with Crippen molar-refractivity contribution in [2.24, 2.45) is 0 Å². The van der Waals surface area contributed by atoms with E-state index in [1.165, 1.54) is 17.7 Å². The molecule has 1 aliphatic rings. The lowest BCUT2D eigenvalue weighted by atomic mass is 10.1. The molecule has 0 aliphatic carbocycles. The van der Waals surface area contributed by atoms with E-state index in [1.807, 2.05) is 24.0 Å². The fraction of sp³-hybridized carbons (Fsp3) is 0.235. The fourth-order valence-corrected chi connectivity index (χ4v) is 5.41. The molecule has 41 heavy (non-hydrogen) atoms. The van der Waals surface area contributed by atoms with Crippen molar-refractivity contribution in [2.75, 3.05) is 32.8 Å². The van der Waals surface area contributed by atoms with Crippen molar-refractivity contribution in [3.8, 4) is 28.1 Å². The van der Waals surface area contributed by atoms with Gasteiger partial charge in [0.25, 0.3) is 5.91 Å². The van der Waals surface area contributed by atoms with Gasteiger partial charge in [-0.15, -0.1) is 0 Å². The van der Waals surface area contributed by atoms with Gasteiger partial charge in [0.05, 0.1) is 18.0 Å². The molecular formula is C34H33FN4O2. The first-order chi connectivity index (χ1) is 20.0. The molecule has 6 rings (SSSR count). The third-order valence-electron chi connectivity index (χ3n) is 7.63. The second-order valence-electron chi connectivity index (χ2n) is 10.5. The van der Waals surface area contributed by atoms with Crippen LogP contribution < -0.4 is 4.74 Å². The number of halogens is 1. The Labute approximate surface area is 239 Å². The number of aryl methyl sites for hydroxylation is 1. The van der Waals surface area contributed by atoms with Crippen LogP contribution in [0.5, 0.6) is 5.75 Å². The monoisotopic (exact) mass is 548 g/mol. The summed E-state index contributed by atoms with van der Waals surface area (Å²) in [7, 11) is 0. The highest BCUT2D eigenvalue weighted by Crippen LogP contribution is 2.30. The van der Waals surface area contributed by atoms with E-state index in [2.05, 4.69) is 71.0 Å². The van der Waals surface area contributed by atoms with Gasteiger partial charge in [0.15, 0.2) is 0 Å². The summed E-state index contributed by atoms with van der Waals surface area (Å²) >= 11 is 0. The van der Waals surface area contributed by atoms with Crippen molar-refractivity contribution in [3.05, 3.63) is 114 Å². The Balaban J connectivity index is 1.30. The zero-order valence-corrected chi connectivity index (χ0v) is 23.4. The lowest BCUT2D eigenvalue weighted by Crippen LogP contribution is -2.48. The highest BCUT2D eigenvalue weighted by Gasteiger charge is 2.25. The van der Waals surface area contributed by atoms with E-state index in [-0.39, 0.29) is 5.91 Å². The smallest absolute Gasteiger partial charge is 0.254 e. The molecule has 208 valence electrons. The normalized spacial score (nSPS) is 14.0. The molecule has 0 saturated carbocycles. The molecule has 1 amide bonds. The number of piperazine rings is 1. The maximum atomic E-state index is 13.7. The number of carbonyl (C=O) groups is 1. The molecule has 0 bridgehead atoms. The van der Waals surface area contributed by atoms with Crippen molar-refractivity contribution in [1.82, 2.24) is 19.2 Å². The summed E-state index contributed by atoms with van der Waals surface area (Å²) in [5.41, 5.74) is 7.80. The van der Waals surface area contributed by atoms with Gasteiger partial charge in [0, 0.05) is 50.0 Å². The summed E-state index contributed by atoms with van der Waals surface area (Å²) in [6.07, 6.45) is 2.16. The maximum absolute atomic E-state index is 13.7. The fourth-order valence-electron chi connectivity index (χ4n) is 5.41. The lowest BCUT2D eigenvalue weighted by molar-refractivity contribution is 0.0626. The molecule has 7 heteroatoms. The molecule has 3 heterocycles. The molecule has 1 saturated heterocycles. The minimum Gasteiger partial charge on any atom is -0.494 e. The van der Waals surface area contributed by atoms with Crippen molar-refractivity contribution in [3.63, 3.8) is 0 Å². The van der Waals surface area contributed by atoms with Crippen LogP contribution >= 0.6 is 0 Å². The summed E-state index contributed by atoms with van der Waals surface area (Å²) in [5.74, 6) is 0.329. The van der Waals surface area contributed by atoms with Crippen LogP contribution in [-0.4, -0.2) is 57.9 Å². The number of rotatable bonds is 7. The molecule has 0 spiro atoms. The van der Waals surface area contributed by atoms with E-state index in [4.69, 9.17) is 9.72 Å². The molecular weight excluding hydrogens is 515 g/mol. The molecule has 2 aromatic heterocycles. The third-order valence-corrected chi connectivity index (χ3v) is 7.63. The largest absolute Gasteiger partial charge is 0.494 e. The number of nitrogens with zero attached hydrogens (tertiary/aromatic N) is 4. The first-order valence-corrected chi connectivity index (χ1v) is 14.1. The summed E-state index contributed by atoms with van der Waals surface area (Å²) in [6, 6.07) is 26.7. The average molecular weight is 549 g/mol. The predicted molar refractivity (Wildman–Crippen MR) is 160 cm³/mol. The van der Waals surface area contributed by atoms with Crippen LogP contribution in [0.25, 0.3) is 28.0 Å². The van der Waals surface area contributed by atoms with Gasteiger partial charge in [-0.05, 0) is 67.4 Å². The molecule has 0 atom stereocenters. The van der Waals surface area contributed by atoms with Gasteiger partial charge >= 0.3 is 0 Å². The number of fused-ring (bicyclic) bond motifs is 1. The summed E-state index contributed by atoms with van der Waals surface area (Å²) < 4.78 is 21.6. The van der Waals surface area contributed by atoms with Gasteiger partial charge in [-0.3, -0.25) is 9.69 Å². The molecule has 0 N–H and O–H groups in total. The molecule has 3 aromatic carbocycles. The Hall–Kier alpha value is -4.49. The molecule has 6 nitrogen and oxygen atoms in total. The highest BCUT2D eigenvalue weighted by atomic mass is 19.1. The predicted octanol–water partition coefficient (Wildman–Crippen LogP) is 6.47. The van der Waals surface area contributed by atoms with Gasteiger partial charge < -0.3 is 14.0 Å². The van der Waals surface area contributed by atoms with Gasteiger partial charge in [-0.25, -0.2) is 9.37 Å². The SMILES string of the molecule is CCOc1cccc(-c2ccc3nc(-c4ccc(C)cc4)c(CN4CCN(C(=O)c5cccc(F)c5)CC4)n3c2)c1. The Bertz CT molecular complexity index is 1690. The van der Waals surface area contributed by atoms with E-state index in [1.54, 1.807) is 12.1 Å². The Morgan fingerprint density at radius 3 is 2.39 bits per heavy atom. The zero-order valence-electron chi connectivity index (χ0n) is 23.4. The van der Waals surface area contributed by atoms with E-state index in [9.17, 15) is 9.18 Å². The number of amides is 1. The average Bonchev–Trinajstić information content (AvgIpc) is 3.35. The van der Waals surface area contributed by atoms with Crippen molar-refractivity contribution in [2.45, 2.75) is 20.4 Å². The van der Waals surface area contributed by atoms with Crippen molar-refractivity contribution in [1.29, 1.82) is 0 Å². The maximum Gasteiger partial charge on any atom is 0.254 e. The number of pyridine rings is 1. The number of imidazole rings is 1. The number of hydrogen-bond donors (Lipinski definition) is 0.